The van der Waals surface area contributed by atoms with Crippen LogP contribution < -0.4 is 4.90 Å². The Bertz CT molecular complexity index is 737. The van der Waals surface area contributed by atoms with E-state index in [0.29, 0.717) is 6.54 Å². The number of hydrogen-bond acceptors (Lipinski definition) is 3. The van der Waals surface area contributed by atoms with Gasteiger partial charge in [0.25, 0.3) is 5.91 Å². The Balaban J connectivity index is 1.94. The SMILES string of the molecule is Cc1ccc(N(Cc2cccnc2)C(=O)c2cccs2)cc1. The van der Waals surface area contributed by atoms with E-state index < -0.39 is 0 Å². The molecule has 0 aliphatic carbocycles. The smallest absolute Gasteiger partial charge is 0.268 e. The van der Waals surface area contributed by atoms with Gasteiger partial charge in [0.2, 0.25) is 0 Å². The number of pyridine rings is 1. The summed E-state index contributed by atoms with van der Waals surface area (Å²) in [7, 11) is 0. The fraction of sp³-hybridized carbons (Fsp3) is 0.111. The molecule has 1 aromatic carbocycles. The van der Waals surface area contributed by atoms with Crippen molar-refractivity contribution in [3.8, 4) is 0 Å². The summed E-state index contributed by atoms with van der Waals surface area (Å²) in [4.78, 5) is 19.5. The fourth-order valence-electron chi connectivity index (χ4n) is 2.21. The topological polar surface area (TPSA) is 33.2 Å². The minimum absolute atomic E-state index is 0.0164. The van der Waals surface area contributed by atoms with Gasteiger partial charge in [0.15, 0.2) is 0 Å². The van der Waals surface area contributed by atoms with E-state index in [9.17, 15) is 4.79 Å². The molecule has 110 valence electrons. The molecule has 0 N–H and O–H groups in total. The first-order chi connectivity index (χ1) is 10.7. The molecule has 0 atom stereocenters. The van der Waals surface area contributed by atoms with Crippen LogP contribution in [-0.4, -0.2) is 10.9 Å². The molecule has 0 unspecified atom stereocenters. The number of aryl methyl sites for hydroxylation is 1. The Kier molecular flexibility index (Phi) is 4.30. The Morgan fingerprint density at radius 3 is 2.59 bits per heavy atom. The van der Waals surface area contributed by atoms with Crippen molar-refractivity contribution in [3.63, 3.8) is 0 Å². The highest BCUT2D eigenvalue weighted by atomic mass is 32.1. The second-order valence-corrected chi connectivity index (χ2v) is 6.01. The van der Waals surface area contributed by atoms with Crippen LogP contribution in [0.1, 0.15) is 20.8 Å². The molecule has 0 spiro atoms. The molecule has 2 aromatic heterocycles. The molecule has 0 aliphatic rings. The predicted molar refractivity (Wildman–Crippen MR) is 90.2 cm³/mol. The van der Waals surface area contributed by atoms with Gasteiger partial charge in [0.1, 0.15) is 0 Å². The second kappa shape index (κ2) is 6.54. The average molecular weight is 308 g/mol. The molecule has 22 heavy (non-hydrogen) atoms. The lowest BCUT2D eigenvalue weighted by Gasteiger charge is -2.22. The molecular weight excluding hydrogens is 292 g/mol. The summed E-state index contributed by atoms with van der Waals surface area (Å²) in [5.74, 6) is 0.0164. The third-order valence-corrected chi connectivity index (χ3v) is 4.24. The van der Waals surface area contributed by atoms with E-state index in [0.717, 1.165) is 16.1 Å². The van der Waals surface area contributed by atoms with Crippen molar-refractivity contribution in [2.45, 2.75) is 13.5 Å². The van der Waals surface area contributed by atoms with Crippen LogP contribution in [0.2, 0.25) is 0 Å². The number of hydrogen-bond donors (Lipinski definition) is 0. The van der Waals surface area contributed by atoms with Crippen LogP contribution in [0.25, 0.3) is 0 Å². The van der Waals surface area contributed by atoms with E-state index in [1.54, 1.807) is 17.3 Å². The summed E-state index contributed by atoms with van der Waals surface area (Å²) < 4.78 is 0. The molecule has 4 heteroatoms. The summed E-state index contributed by atoms with van der Waals surface area (Å²) >= 11 is 1.46. The van der Waals surface area contributed by atoms with E-state index >= 15 is 0 Å². The Morgan fingerprint density at radius 1 is 1.14 bits per heavy atom. The van der Waals surface area contributed by atoms with Crippen molar-refractivity contribution in [2.24, 2.45) is 0 Å². The number of carbonyl (C=O) groups is 1. The molecule has 3 rings (SSSR count). The number of carbonyl (C=O) groups excluding carboxylic acids is 1. The van der Waals surface area contributed by atoms with Crippen LogP contribution in [0.3, 0.4) is 0 Å². The van der Waals surface area contributed by atoms with Crippen molar-refractivity contribution in [3.05, 3.63) is 82.3 Å². The molecule has 3 nitrogen and oxygen atoms in total. The number of amides is 1. The highest BCUT2D eigenvalue weighted by Crippen LogP contribution is 2.22. The predicted octanol–water partition coefficient (Wildman–Crippen LogP) is 4.30. The monoisotopic (exact) mass is 308 g/mol. The van der Waals surface area contributed by atoms with Gasteiger partial charge in [-0.15, -0.1) is 11.3 Å². The first-order valence-corrected chi connectivity index (χ1v) is 7.93. The summed E-state index contributed by atoms with van der Waals surface area (Å²) in [6.45, 7) is 2.55. The molecule has 0 saturated heterocycles. The molecule has 0 saturated carbocycles. The van der Waals surface area contributed by atoms with Gasteiger partial charge >= 0.3 is 0 Å². The van der Waals surface area contributed by atoms with Gasteiger partial charge in [-0.1, -0.05) is 29.8 Å². The van der Waals surface area contributed by atoms with E-state index in [1.165, 1.54) is 16.9 Å². The molecular formula is C18H16N2OS. The van der Waals surface area contributed by atoms with E-state index in [2.05, 4.69) is 4.98 Å². The van der Waals surface area contributed by atoms with E-state index in [-0.39, 0.29) is 5.91 Å². The van der Waals surface area contributed by atoms with Crippen molar-refractivity contribution in [1.29, 1.82) is 0 Å². The van der Waals surface area contributed by atoms with Crippen LogP contribution in [0.15, 0.2) is 66.3 Å². The third kappa shape index (κ3) is 3.23. The number of nitrogens with zero attached hydrogens (tertiary/aromatic N) is 2. The molecule has 0 aliphatic heterocycles. The maximum absolute atomic E-state index is 12.8. The number of aromatic nitrogens is 1. The maximum atomic E-state index is 12.8. The van der Waals surface area contributed by atoms with E-state index in [4.69, 9.17) is 0 Å². The average Bonchev–Trinajstić information content (AvgIpc) is 3.08. The van der Waals surface area contributed by atoms with Crippen LogP contribution in [0, 0.1) is 6.92 Å². The second-order valence-electron chi connectivity index (χ2n) is 5.07. The van der Waals surface area contributed by atoms with Crippen LogP contribution >= 0.6 is 11.3 Å². The van der Waals surface area contributed by atoms with Gasteiger partial charge in [-0.2, -0.15) is 0 Å². The van der Waals surface area contributed by atoms with Crippen LogP contribution in [0.5, 0.6) is 0 Å². The van der Waals surface area contributed by atoms with Crippen molar-refractivity contribution in [1.82, 2.24) is 4.98 Å². The fourth-order valence-corrected chi connectivity index (χ4v) is 2.88. The van der Waals surface area contributed by atoms with Crippen LogP contribution in [-0.2, 0) is 6.54 Å². The quantitative estimate of drug-likeness (QED) is 0.720. The summed E-state index contributed by atoms with van der Waals surface area (Å²) in [5, 5.41) is 1.92. The lowest BCUT2D eigenvalue weighted by molar-refractivity contribution is 0.0989. The Labute approximate surface area is 133 Å². The molecule has 0 fully saturated rings. The van der Waals surface area contributed by atoms with Gasteiger partial charge < -0.3 is 4.90 Å². The lowest BCUT2D eigenvalue weighted by atomic mass is 10.2. The number of rotatable bonds is 4. The highest BCUT2D eigenvalue weighted by Gasteiger charge is 2.19. The largest absolute Gasteiger partial charge is 0.303 e. The van der Waals surface area contributed by atoms with Gasteiger partial charge in [-0.25, -0.2) is 0 Å². The normalized spacial score (nSPS) is 10.4. The Hall–Kier alpha value is -2.46. The van der Waals surface area contributed by atoms with E-state index in [1.807, 2.05) is 60.8 Å². The first kappa shape index (κ1) is 14.5. The van der Waals surface area contributed by atoms with Crippen molar-refractivity contribution < 1.29 is 4.79 Å². The number of thiophene rings is 1. The lowest BCUT2D eigenvalue weighted by Crippen LogP contribution is -2.29. The zero-order chi connectivity index (χ0) is 15.4. The molecule has 2 heterocycles. The standard InChI is InChI=1S/C18H16N2OS/c1-14-6-8-16(9-7-14)20(13-15-4-2-10-19-12-15)18(21)17-5-3-11-22-17/h2-12H,13H2,1H3. The van der Waals surface area contributed by atoms with Gasteiger partial charge in [-0.05, 0) is 42.1 Å². The summed E-state index contributed by atoms with van der Waals surface area (Å²) in [5.41, 5.74) is 3.08. The third-order valence-electron chi connectivity index (χ3n) is 3.39. The van der Waals surface area contributed by atoms with Crippen LogP contribution in [0.4, 0.5) is 5.69 Å². The van der Waals surface area contributed by atoms with Gasteiger partial charge in [-0.3, -0.25) is 9.78 Å². The molecule has 1 amide bonds. The highest BCUT2D eigenvalue weighted by molar-refractivity contribution is 7.12. The number of benzene rings is 1. The molecule has 3 aromatic rings. The van der Waals surface area contributed by atoms with Gasteiger partial charge in [0.05, 0.1) is 11.4 Å². The first-order valence-electron chi connectivity index (χ1n) is 7.05. The Morgan fingerprint density at radius 2 is 1.95 bits per heavy atom. The zero-order valence-corrected chi connectivity index (χ0v) is 13.1. The molecule has 0 bridgehead atoms. The zero-order valence-electron chi connectivity index (χ0n) is 12.3. The maximum Gasteiger partial charge on any atom is 0.268 e. The minimum atomic E-state index is 0.0164. The summed E-state index contributed by atoms with van der Waals surface area (Å²) in [6, 6.07) is 15.6. The van der Waals surface area contributed by atoms with Crippen molar-refractivity contribution >= 4 is 22.9 Å². The van der Waals surface area contributed by atoms with Gasteiger partial charge in [0, 0.05) is 18.1 Å². The van der Waals surface area contributed by atoms with Crippen molar-refractivity contribution in [2.75, 3.05) is 4.90 Å². The molecule has 0 radical (unpaired) electrons. The minimum Gasteiger partial charge on any atom is -0.303 e. The number of anilines is 1. The summed E-state index contributed by atoms with van der Waals surface area (Å²) in [6.07, 6.45) is 3.53.